The van der Waals surface area contributed by atoms with E-state index in [0.29, 0.717) is 19.5 Å². The van der Waals surface area contributed by atoms with Crippen molar-refractivity contribution in [2.45, 2.75) is 18.9 Å². The molecule has 2 rings (SSSR count). The summed E-state index contributed by atoms with van der Waals surface area (Å²) in [6.07, 6.45) is 1.32. The van der Waals surface area contributed by atoms with Crippen molar-refractivity contribution in [2.24, 2.45) is 0 Å². The molecule has 0 aromatic rings. The van der Waals surface area contributed by atoms with Crippen molar-refractivity contribution < 1.29 is 14.7 Å². The van der Waals surface area contributed by atoms with Crippen LogP contribution in [0.25, 0.3) is 0 Å². The van der Waals surface area contributed by atoms with E-state index in [4.69, 9.17) is 5.11 Å². The fraction of sp³-hybridized carbons (Fsp3) is 0.833. The molecule has 0 aliphatic carbocycles. The molecular weight excluding hydrogens is 248 g/mol. The normalized spacial score (nSPS) is 24.4. The third kappa shape index (κ3) is 3.81. The Labute approximate surface area is 112 Å². The molecule has 2 saturated heterocycles. The maximum Gasteiger partial charge on any atom is 0.326 e. The van der Waals surface area contributed by atoms with Gasteiger partial charge in [0.1, 0.15) is 6.04 Å². The smallest absolute Gasteiger partial charge is 0.326 e. The summed E-state index contributed by atoms with van der Waals surface area (Å²) < 4.78 is 0. The largest absolute Gasteiger partial charge is 0.480 e. The molecule has 0 bridgehead atoms. The van der Waals surface area contributed by atoms with Gasteiger partial charge in [0.05, 0.1) is 0 Å². The second kappa shape index (κ2) is 6.72. The first-order chi connectivity index (χ1) is 9.18. The van der Waals surface area contributed by atoms with Gasteiger partial charge < -0.3 is 20.6 Å². The molecule has 0 saturated carbocycles. The lowest BCUT2D eigenvalue weighted by atomic mass is 10.2. The Morgan fingerprint density at radius 3 is 2.68 bits per heavy atom. The number of hydrogen-bond donors (Lipinski definition) is 3. The molecule has 2 aliphatic rings. The summed E-state index contributed by atoms with van der Waals surface area (Å²) >= 11 is 0. The van der Waals surface area contributed by atoms with Gasteiger partial charge in [-0.05, 0) is 12.8 Å². The summed E-state index contributed by atoms with van der Waals surface area (Å²) in [7, 11) is 0. The van der Waals surface area contributed by atoms with Crippen LogP contribution in [0.3, 0.4) is 0 Å². The van der Waals surface area contributed by atoms with Crippen molar-refractivity contribution in [3.05, 3.63) is 0 Å². The number of amides is 2. The average molecular weight is 270 g/mol. The highest BCUT2D eigenvalue weighted by Gasteiger charge is 2.33. The Hall–Kier alpha value is -1.34. The highest BCUT2D eigenvalue weighted by atomic mass is 16.4. The summed E-state index contributed by atoms with van der Waals surface area (Å²) in [5, 5.41) is 15.1. The number of carboxylic acids is 1. The molecule has 2 fully saturated rings. The van der Waals surface area contributed by atoms with Gasteiger partial charge in [0.25, 0.3) is 0 Å². The fourth-order valence-electron chi connectivity index (χ4n) is 2.62. The van der Waals surface area contributed by atoms with E-state index in [2.05, 4.69) is 15.5 Å². The Bertz CT molecular complexity index is 331. The molecule has 0 spiro atoms. The van der Waals surface area contributed by atoms with Gasteiger partial charge >= 0.3 is 12.0 Å². The lowest BCUT2D eigenvalue weighted by molar-refractivity contribution is -0.141. The number of nitrogens with zero attached hydrogens (tertiary/aromatic N) is 2. The number of piperazine rings is 1. The molecule has 2 amide bonds. The standard InChI is InChI=1S/C12H22N4O3/c17-11(18)10-2-1-6-16(10)12(19)14-5-9-15-7-3-13-4-8-15/h10,13H,1-9H2,(H,14,19)(H,17,18)/t10-/m1/s1. The molecule has 3 N–H and O–H groups in total. The van der Waals surface area contributed by atoms with Crippen LogP contribution >= 0.6 is 0 Å². The van der Waals surface area contributed by atoms with Gasteiger partial charge in [-0.25, -0.2) is 9.59 Å². The molecule has 0 aromatic carbocycles. The number of urea groups is 1. The minimum absolute atomic E-state index is 0.250. The van der Waals surface area contributed by atoms with Crippen LogP contribution in [-0.4, -0.2) is 78.8 Å². The highest BCUT2D eigenvalue weighted by molar-refractivity contribution is 5.83. The molecule has 2 aliphatic heterocycles. The third-order valence-corrected chi connectivity index (χ3v) is 3.71. The van der Waals surface area contributed by atoms with Crippen LogP contribution in [0.5, 0.6) is 0 Å². The molecule has 108 valence electrons. The Morgan fingerprint density at radius 2 is 2.00 bits per heavy atom. The summed E-state index contributed by atoms with van der Waals surface area (Å²) in [4.78, 5) is 26.6. The zero-order chi connectivity index (χ0) is 13.7. The summed E-state index contributed by atoms with van der Waals surface area (Å²) in [5.74, 6) is -0.908. The number of hydrogen-bond acceptors (Lipinski definition) is 4. The average Bonchev–Trinajstić information content (AvgIpc) is 2.89. The van der Waals surface area contributed by atoms with E-state index in [0.717, 1.165) is 39.1 Å². The van der Waals surface area contributed by atoms with Crippen molar-refractivity contribution in [1.82, 2.24) is 20.4 Å². The zero-order valence-corrected chi connectivity index (χ0v) is 11.1. The molecule has 19 heavy (non-hydrogen) atoms. The van der Waals surface area contributed by atoms with Gasteiger partial charge in [0.2, 0.25) is 0 Å². The SMILES string of the molecule is O=C(O)[C@H]1CCCN1C(=O)NCCN1CCNCC1. The Morgan fingerprint density at radius 1 is 1.26 bits per heavy atom. The number of rotatable bonds is 4. The van der Waals surface area contributed by atoms with Crippen molar-refractivity contribution in [1.29, 1.82) is 0 Å². The Balaban J connectivity index is 1.70. The van der Waals surface area contributed by atoms with E-state index >= 15 is 0 Å². The van der Waals surface area contributed by atoms with Crippen molar-refractivity contribution >= 4 is 12.0 Å². The van der Waals surface area contributed by atoms with Crippen LogP contribution in [0, 0.1) is 0 Å². The van der Waals surface area contributed by atoms with E-state index in [1.165, 1.54) is 4.90 Å². The summed E-state index contributed by atoms with van der Waals surface area (Å²) in [5.41, 5.74) is 0. The number of likely N-dealkylation sites (tertiary alicyclic amines) is 1. The van der Waals surface area contributed by atoms with Gasteiger partial charge in [0, 0.05) is 45.8 Å². The minimum atomic E-state index is -0.908. The van der Waals surface area contributed by atoms with Crippen molar-refractivity contribution in [3.8, 4) is 0 Å². The predicted molar refractivity (Wildman–Crippen MR) is 70.1 cm³/mol. The number of carbonyl (C=O) groups is 2. The third-order valence-electron chi connectivity index (χ3n) is 3.71. The second-order valence-corrected chi connectivity index (χ2v) is 5.01. The molecule has 7 heteroatoms. The van der Waals surface area contributed by atoms with E-state index in [1.54, 1.807) is 0 Å². The van der Waals surface area contributed by atoms with Crippen molar-refractivity contribution in [3.63, 3.8) is 0 Å². The van der Waals surface area contributed by atoms with Crippen LogP contribution < -0.4 is 10.6 Å². The summed E-state index contributed by atoms with van der Waals surface area (Å²) in [6, 6.07) is -0.903. The minimum Gasteiger partial charge on any atom is -0.480 e. The van der Waals surface area contributed by atoms with Gasteiger partial charge in [-0.1, -0.05) is 0 Å². The topological polar surface area (TPSA) is 84.9 Å². The van der Waals surface area contributed by atoms with Gasteiger partial charge in [-0.2, -0.15) is 0 Å². The molecule has 0 unspecified atom stereocenters. The predicted octanol–water partition coefficient (Wildman–Crippen LogP) is -0.850. The van der Waals surface area contributed by atoms with Gasteiger partial charge in [-0.3, -0.25) is 4.90 Å². The van der Waals surface area contributed by atoms with Crippen molar-refractivity contribution in [2.75, 3.05) is 45.8 Å². The zero-order valence-electron chi connectivity index (χ0n) is 11.1. The summed E-state index contributed by atoms with van der Waals surface area (Å²) in [6.45, 7) is 5.90. The molecule has 2 heterocycles. The maximum absolute atomic E-state index is 11.9. The van der Waals surface area contributed by atoms with Crippen LogP contribution in [0.1, 0.15) is 12.8 Å². The van der Waals surface area contributed by atoms with E-state index < -0.39 is 12.0 Å². The van der Waals surface area contributed by atoms with Crippen LogP contribution in [-0.2, 0) is 4.79 Å². The van der Waals surface area contributed by atoms with E-state index in [1.807, 2.05) is 0 Å². The molecular formula is C12H22N4O3. The van der Waals surface area contributed by atoms with E-state index in [9.17, 15) is 9.59 Å². The molecule has 7 nitrogen and oxygen atoms in total. The monoisotopic (exact) mass is 270 g/mol. The first-order valence-electron chi connectivity index (χ1n) is 6.89. The molecule has 1 atom stereocenters. The number of carboxylic acid groups (broad SMARTS) is 1. The molecule has 0 radical (unpaired) electrons. The number of nitrogens with one attached hydrogen (secondary N) is 2. The van der Waals surface area contributed by atoms with E-state index in [-0.39, 0.29) is 6.03 Å². The second-order valence-electron chi connectivity index (χ2n) is 5.01. The Kier molecular flexibility index (Phi) is 4.98. The first kappa shape index (κ1) is 14.1. The highest BCUT2D eigenvalue weighted by Crippen LogP contribution is 2.17. The number of aliphatic carboxylic acids is 1. The molecule has 0 aromatic heterocycles. The van der Waals surface area contributed by atoms with Crippen LogP contribution in [0.15, 0.2) is 0 Å². The fourth-order valence-corrected chi connectivity index (χ4v) is 2.62. The quantitative estimate of drug-likeness (QED) is 0.620. The van der Waals surface area contributed by atoms with Crippen LogP contribution in [0.4, 0.5) is 4.79 Å². The van der Waals surface area contributed by atoms with Gasteiger partial charge in [-0.15, -0.1) is 0 Å². The first-order valence-corrected chi connectivity index (χ1v) is 6.89. The lowest BCUT2D eigenvalue weighted by Gasteiger charge is -2.28. The maximum atomic E-state index is 11.9. The number of carbonyl (C=O) groups excluding carboxylic acids is 1. The lowest BCUT2D eigenvalue weighted by Crippen LogP contribution is -2.49. The van der Waals surface area contributed by atoms with Gasteiger partial charge in [0.15, 0.2) is 0 Å². The van der Waals surface area contributed by atoms with Crippen LogP contribution in [0.2, 0.25) is 0 Å².